The van der Waals surface area contributed by atoms with Crippen molar-refractivity contribution in [3.63, 3.8) is 0 Å². The minimum absolute atomic E-state index is 0. The maximum Gasteiger partial charge on any atom is 0.286 e. The zero-order chi connectivity index (χ0) is 17.0. The monoisotopic (exact) mass is 359 g/mol. The summed E-state index contributed by atoms with van der Waals surface area (Å²) in [5.41, 5.74) is 5.55. The second-order valence-corrected chi connectivity index (χ2v) is 5.34. The van der Waals surface area contributed by atoms with E-state index in [1.807, 2.05) is 0 Å². The number of hydrogen-bond acceptors (Lipinski definition) is 6. The van der Waals surface area contributed by atoms with Gasteiger partial charge in [-0.15, -0.1) is 12.4 Å². The first-order valence-electron chi connectivity index (χ1n) is 7.52. The van der Waals surface area contributed by atoms with Gasteiger partial charge in [0, 0.05) is 25.2 Å². The molecule has 1 amide bonds. The zero-order valence-electron chi connectivity index (χ0n) is 13.7. The van der Waals surface area contributed by atoms with Crippen molar-refractivity contribution in [1.82, 2.24) is 4.90 Å². The molecule has 0 spiro atoms. The molecular weight excluding hydrogens is 338 g/mol. The lowest BCUT2D eigenvalue weighted by Gasteiger charge is -2.30. The maximum absolute atomic E-state index is 12.7. The first-order valence-corrected chi connectivity index (χ1v) is 7.52. The summed E-state index contributed by atoms with van der Waals surface area (Å²) >= 11 is 0. The first kappa shape index (κ1) is 20.0. The highest BCUT2D eigenvalue weighted by atomic mass is 35.5. The Morgan fingerprint density at radius 1 is 1.38 bits per heavy atom. The zero-order valence-corrected chi connectivity index (χ0v) is 14.5. The molecule has 1 aliphatic heterocycles. The van der Waals surface area contributed by atoms with Crippen molar-refractivity contribution in [2.45, 2.75) is 25.8 Å². The molecule has 2 N–H and O–H groups in total. The fourth-order valence-corrected chi connectivity index (χ4v) is 2.57. The minimum atomic E-state index is -0.578. The van der Waals surface area contributed by atoms with E-state index in [2.05, 4.69) is 0 Å². The third-order valence-corrected chi connectivity index (χ3v) is 3.84. The van der Waals surface area contributed by atoms with Crippen molar-refractivity contribution in [3.05, 3.63) is 27.8 Å². The topological polar surface area (TPSA) is 108 Å². The molecule has 2 rings (SSSR count). The van der Waals surface area contributed by atoms with E-state index in [1.165, 1.54) is 19.2 Å². The molecule has 0 unspecified atom stereocenters. The molecule has 1 heterocycles. The molecule has 0 saturated carbocycles. The van der Waals surface area contributed by atoms with Crippen LogP contribution >= 0.6 is 12.4 Å². The second-order valence-electron chi connectivity index (χ2n) is 5.34. The number of piperidine rings is 1. The summed E-state index contributed by atoms with van der Waals surface area (Å²) in [6.45, 7) is 3.09. The van der Waals surface area contributed by atoms with E-state index in [4.69, 9.17) is 15.2 Å². The lowest BCUT2D eigenvalue weighted by molar-refractivity contribution is -0.385. The quantitative estimate of drug-likeness (QED) is 0.636. The van der Waals surface area contributed by atoms with Crippen molar-refractivity contribution >= 4 is 24.0 Å². The van der Waals surface area contributed by atoms with E-state index in [-0.39, 0.29) is 41.4 Å². The molecule has 0 aliphatic carbocycles. The van der Waals surface area contributed by atoms with Gasteiger partial charge in [0.1, 0.15) is 5.56 Å². The predicted octanol–water partition coefficient (Wildman–Crippen LogP) is 1.99. The maximum atomic E-state index is 12.7. The number of likely N-dealkylation sites (tertiary alicyclic amines) is 1. The highest BCUT2D eigenvalue weighted by Crippen LogP contribution is 2.35. The van der Waals surface area contributed by atoms with Crippen LogP contribution in [0.1, 0.15) is 30.1 Å². The second kappa shape index (κ2) is 8.70. The summed E-state index contributed by atoms with van der Waals surface area (Å²) in [6, 6.07) is 2.69. The van der Waals surface area contributed by atoms with E-state index in [1.54, 1.807) is 11.8 Å². The number of nitro groups is 1. The number of halogens is 1. The van der Waals surface area contributed by atoms with Crippen molar-refractivity contribution in [2.24, 2.45) is 5.73 Å². The largest absolute Gasteiger partial charge is 0.493 e. The fraction of sp³-hybridized carbons (Fsp3) is 0.533. The van der Waals surface area contributed by atoms with Gasteiger partial charge in [0.2, 0.25) is 0 Å². The molecule has 0 radical (unpaired) electrons. The van der Waals surface area contributed by atoms with E-state index >= 15 is 0 Å². The predicted molar refractivity (Wildman–Crippen MR) is 91.2 cm³/mol. The molecule has 1 aliphatic rings. The highest BCUT2D eigenvalue weighted by molar-refractivity contribution is 5.99. The molecule has 8 nitrogen and oxygen atoms in total. The Labute approximate surface area is 146 Å². The molecule has 1 fully saturated rings. The van der Waals surface area contributed by atoms with Gasteiger partial charge in [-0.1, -0.05) is 0 Å². The van der Waals surface area contributed by atoms with Gasteiger partial charge in [0.05, 0.1) is 24.7 Å². The Morgan fingerprint density at radius 2 is 2.00 bits per heavy atom. The molecule has 0 aromatic heterocycles. The van der Waals surface area contributed by atoms with Gasteiger partial charge in [0.25, 0.3) is 11.6 Å². The van der Waals surface area contributed by atoms with Gasteiger partial charge in [-0.3, -0.25) is 14.9 Å². The molecule has 134 valence electrons. The standard InChI is InChI=1S/C15H21N3O5.ClH/c1-3-23-14-9-12(18(20)21)11(8-13(14)22-2)15(19)17-6-4-10(16)5-7-17;/h8-10H,3-7,16H2,1-2H3;1H. The first-order chi connectivity index (χ1) is 11.0. The van der Waals surface area contributed by atoms with Crippen molar-refractivity contribution in [3.8, 4) is 11.5 Å². The van der Waals surface area contributed by atoms with Gasteiger partial charge in [-0.05, 0) is 19.8 Å². The van der Waals surface area contributed by atoms with Crippen LogP contribution in [0.4, 0.5) is 5.69 Å². The van der Waals surface area contributed by atoms with Gasteiger partial charge in [-0.2, -0.15) is 0 Å². The molecule has 24 heavy (non-hydrogen) atoms. The van der Waals surface area contributed by atoms with Crippen molar-refractivity contribution in [2.75, 3.05) is 26.8 Å². The van der Waals surface area contributed by atoms with Crippen molar-refractivity contribution in [1.29, 1.82) is 0 Å². The number of amides is 1. The van der Waals surface area contributed by atoms with E-state index in [0.29, 0.717) is 38.3 Å². The number of nitrogens with zero attached hydrogens (tertiary/aromatic N) is 2. The summed E-state index contributed by atoms with van der Waals surface area (Å²) in [5, 5.41) is 11.3. The number of ether oxygens (including phenoxy) is 2. The molecule has 9 heteroatoms. The Bertz CT molecular complexity index is 603. The molecule has 1 aromatic rings. The molecule has 0 atom stereocenters. The van der Waals surface area contributed by atoms with Crippen LogP contribution in [0.2, 0.25) is 0 Å². The molecule has 1 aromatic carbocycles. The fourth-order valence-electron chi connectivity index (χ4n) is 2.57. The average molecular weight is 360 g/mol. The van der Waals surface area contributed by atoms with E-state index in [9.17, 15) is 14.9 Å². The Hall–Kier alpha value is -2.06. The minimum Gasteiger partial charge on any atom is -0.493 e. The number of hydrogen-bond donors (Lipinski definition) is 1. The van der Waals surface area contributed by atoms with Crippen LogP contribution in [-0.2, 0) is 0 Å². The summed E-state index contributed by atoms with van der Waals surface area (Å²) in [6.07, 6.45) is 1.38. The summed E-state index contributed by atoms with van der Waals surface area (Å²) in [5.74, 6) is 0.165. The smallest absolute Gasteiger partial charge is 0.286 e. The van der Waals surface area contributed by atoms with Crippen LogP contribution in [0, 0.1) is 10.1 Å². The normalized spacial score (nSPS) is 14.7. The number of methoxy groups -OCH3 is 1. The number of benzene rings is 1. The Balaban J connectivity index is 0.00000288. The molecular formula is C15H22ClN3O5. The third-order valence-electron chi connectivity index (χ3n) is 3.84. The molecule has 1 saturated heterocycles. The van der Waals surface area contributed by atoms with Crippen LogP contribution in [0.25, 0.3) is 0 Å². The van der Waals surface area contributed by atoms with E-state index in [0.717, 1.165) is 0 Å². The Kier molecular flexibility index (Phi) is 7.24. The van der Waals surface area contributed by atoms with Crippen LogP contribution in [0.3, 0.4) is 0 Å². The lowest BCUT2D eigenvalue weighted by atomic mass is 10.0. The van der Waals surface area contributed by atoms with Crippen LogP contribution in [0.15, 0.2) is 12.1 Å². The lowest BCUT2D eigenvalue weighted by Crippen LogP contribution is -2.43. The van der Waals surface area contributed by atoms with Crippen LogP contribution < -0.4 is 15.2 Å². The van der Waals surface area contributed by atoms with Gasteiger partial charge >= 0.3 is 0 Å². The van der Waals surface area contributed by atoms with Gasteiger partial charge in [0.15, 0.2) is 11.5 Å². The number of nitrogens with two attached hydrogens (primary N) is 1. The molecule has 0 bridgehead atoms. The van der Waals surface area contributed by atoms with Crippen LogP contribution in [-0.4, -0.2) is 48.6 Å². The summed E-state index contributed by atoms with van der Waals surface area (Å²) in [7, 11) is 1.43. The number of carbonyl (C=O) groups excluding carboxylic acids is 1. The van der Waals surface area contributed by atoms with Gasteiger partial charge < -0.3 is 20.1 Å². The van der Waals surface area contributed by atoms with Gasteiger partial charge in [-0.25, -0.2) is 0 Å². The SMILES string of the molecule is CCOc1cc([N+](=O)[O-])c(C(=O)N2CCC(N)CC2)cc1OC.Cl. The number of rotatable bonds is 5. The highest BCUT2D eigenvalue weighted by Gasteiger charge is 2.29. The summed E-state index contributed by atoms with van der Waals surface area (Å²) in [4.78, 5) is 25.0. The Morgan fingerprint density at radius 3 is 2.50 bits per heavy atom. The van der Waals surface area contributed by atoms with Crippen LogP contribution in [0.5, 0.6) is 11.5 Å². The van der Waals surface area contributed by atoms with Crippen molar-refractivity contribution < 1.29 is 19.2 Å². The third kappa shape index (κ3) is 4.27. The summed E-state index contributed by atoms with van der Waals surface area (Å²) < 4.78 is 10.5. The number of carbonyl (C=O) groups is 1. The van der Waals surface area contributed by atoms with E-state index < -0.39 is 4.92 Å². The number of nitro benzene ring substituents is 1. The average Bonchev–Trinajstić information content (AvgIpc) is 2.54.